The molecule has 0 spiro atoms. The number of carboxylic acid groups (broad SMARTS) is 1. The summed E-state index contributed by atoms with van der Waals surface area (Å²) >= 11 is 0. The van der Waals surface area contributed by atoms with Gasteiger partial charge in [0.15, 0.2) is 11.4 Å². The van der Waals surface area contributed by atoms with Gasteiger partial charge in [0.2, 0.25) is 0 Å². The third kappa shape index (κ3) is 2.82. The molecule has 1 aromatic rings. The number of nitrogens with zero attached hydrogens (tertiary/aromatic N) is 2. The van der Waals surface area contributed by atoms with Crippen LogP contribution in [-0.2, 0) is 4.74 Å². The van der Waals surface area contributed by atoms with Crippen molar-refractivity contribution in [2.75, 3.05) is 20.8 Å². The van der Waals surface area contributed by atoms with Crippen molar-refractivity contribution in [1.29, 1.82) is 0 Å². The van der Waals surface area contributed by atoms with Crippen molar-refractivity contribution in [3.05, 3.63) is 17.7 Å². The van der Waals surface area contributed by atoms with Gasteiger partial charge >= 0.3 is 5.97 Å². The summed E-state index contributed by atoms with van der Waals surface area (Å²) in [6.07, 6.45) is 1.19. The minimum Gasteiger partial charge on any atom is -0.477 e. The quantitative estimate of drug-likeness (QED) is 0.768. The van der Waals surface area contributed by atoms with Gasteiger partial charge in [0.05, 0.1) is 19.0 Å². The summed E-state index contributed by atoms with van der Waals surface area (Å²) in [5.41, 5.74) is -0.297. The largest absolute Gasteiger partial charge is 0.477 e. The highest BCUT2D eigenvalue weighted by molar-refractivity contribution is 6.02. The molecule has 2 N–H and O–H groups in total. The van der Waals surface area contributed by atoms with E-state index in [4.69, 9.17) is 9.84 Å². The van der Waals surface area contributed by atoms with Crippen LogP contribution in [0.5, 0.6) is 0 Å². The molecule has 0 aromatic carbocycles. The van der Waals surface area contributed by atoms with Gasteiger partial charge in [0.25, 0.3) is 5.91 Å². The Labute approximate surface area is 98.4 Å². The highest BCUT2D eigenvalue weighted by Gasteiger charge is 2.25. The Hall–Kier alpha value is -1.89. The third-order valence-electron chi connectivity index (χ3n) is 2.45. The number of carbonyl (C=O) groups is 2. The van der Waals surface area contributed by atoms with Crippen molar-refractivity contribution in [3.63, 3.8) is 0 Å². The number of rotatable bonds is 5. The number of hydrogen-bond donors (Lipinski definition) is 2. The van der Waals surface area contributed by atoms with Crippen molar-refractivity contribution < 1.29 is 19.4 Å². The summed E-state index contributed by atoms with van der Waals surface area (Å²) in [6.45, 7) is 2.17. The smallest absolute Gasteiger partial charge is 0.354 e. The van der Waals surface area contributed by atoms with Crippen LogP contribution in [-0.4, -0.2) is 58.7 Å². The zero-order valence-corrected chi connectivity index (χ0v) is 9.93. The number of hydrogen-bond acceptors (Lipinski definition) is 4. The number of carboxylic acids is 1. The lowest BCUT2D eigenvalue weighted by Crippen LogP contribution is -2.38. The van der Waals surface area contributed by atoms with Gasteiger partial charge in [-0.15, -0.1) is 0 Å². The Bertz CT molecular complexity index is 415. The van der Waals surface area contributed by atoms with Gasteiger partial charge in [0.1, 0.15) is 0 Å². The van der Waals surface area contributed by atoms with Gasteiger partial charge in [0, 0.05) is 14.2 Å². The molecule has 0 fully saturated rings. The summed E-state index contributed by atoms with van der Waals surface area (Å²) in [5.74, 6) is -1.66. The Morgan fingerprint density at radius 2 is 2.29 bits per heavy atom. The van der Waals surface area contributed by atoms with Crippen molar-refractivity contribution >= 4 is 11.9 Å². The molecule has 0 radical (unpaired) electrons. The number of likely N-dealkylation sites (N-methyl/N-ethyl adjacent to an activating group) is 1. The first kappa shape index (κ1) is 13.2. The predicted molar refractivity (Wildman–Crippen MR) is 59.0 cm³/mol. The van der Waals surface area contributed by atoms with E-state index in [1.807, 2.05) is 0 Å². The van der Waals surface area contributed by atoms with Crippen LogP contribution in [0.3, 0.4) is 0 Å². The van der Waals surface area contributed by atoms with Crippen LogP contribution in [0.25, 0.3) is 0 Å². The van der Waals surface area contributed by atoms with Crippen molar-refractivity contribution in [3.8, 4) is 0 Å². The second kappa shape index (κ2) is 5.44. The lowest BCUT2D eigenvalue weighted by Gasteiger charge is -2.23. The lowest BCUT2D eigenvalue weighted by molar-refractivity contribution is 0.0608. The summed E-state index contributed by atoms with van der Waals surface area (Å²) in [4.78, 5) is 30.4. The Balaban J connectivity index is 2.89. The molecule has 7 nitrogen and oxygen atoms in total. The summed E-state index contributed by atoms with van der Waals surface area (Å²) < 4.78 is 4.93. The molecule has 0 saturated carbocycles. The highest BCUT2D eigenvalue weighted by Crippen LogP contribution is 2.08. The van der Waals surface area contributed by atoms with E-state index in [1.54, 1.807) is 14.0 Å². The SMILES string of the molecule is COCC(C)N(C)C(=O)c1nc[nH]c1C(=O)O. The second-order valence-corrected chi connectivity index (χ2v) is 3.65. The van der Waals surface area contributed by atoms with Crippen LogP contribution in [0.4, 0.5) is 0 Å². The number of imidazole rings is 1. The summed E-state index contributed by atoms with van der Waals surface area (Å²) in [7, 11) is 3.11. The molecular weight excluding hydrogens is 226 g/mol. The van der Waals surface area contributed by atoms with Crippen LogP contribution in [0.15, 0.2) is 6.33 Å². The molecule has 17 heavy (non-hydrogen) atoms. The number of nitrogens with one attached hydrogen (secondary N) is 1. The van der Waals surface area contributed by atoms with E-state index >= 15 is 0 Å². The molecule has 1 heterocycles. The molecule has 1 amide bonds. The van der Waals surface area contributed by atoms with Gasteiger partial charge in [-0.05, 0) is 6.92 Å². The van der Waals surface area contributed by atoms with E-state index < -0.39 is 11.9 Å². The molecule has 0 aliphatic carbocycles. The molecule has 7 heteroatoms. The van der Waals surface area contributed by atoms with Gasteiger partial charge in [-0.2, -0.15) is 0 Å². The Kier molecular flexibility index (Phi) is 4.22. The molecule has 0 aliphatic rings. The minimum absolute atomic E-state index is 0.0945. The van der Waals surface area contributed by atoms with Crippen LogP contribution >= 0.6 is 0 Å². The number of amides is 1. The molecular formula is C10H15N3O4. The topological polar surface area (TPSA) is 95.5 Å². The fourth-order valence-electron chi connectivity index (χ4n) is 1.34. The zero-order valence-electron chi connectivity index (χ0n) is 9.93. The van der Waals surface area contributed by atoms with Crippen molar-refractivity contribution in [1.82, 2.24) is 14.9 Å². The fourth-order valence-corrected chi connectivity index (χ4v) is 1.34. The van der Waals surface area contributed by atoms with Crippen LogP contribution in [0.1, 0.15) is 27.9 Å². The summed E-state index contributed by atoms with van der Waals surface area (Å²) in [6, 6.07) is -0.161. The number of aromatic nitrogens is 2. The highest BCUT2D eigenvalue weighted by atomic mass is 16.5. The standard InChI is InChI=1S/C10H15N3O4/c1-6(4-17-3)13(2)9(14)7-8(10(15)16)12-5-11-7/h5-6H,4H2,1-3H3,(H,11,12)(H,15,16). The first-order valence-corrected chi connectivity index (χ1v) is 5.01. The maximum atomic E-state index is 12.0. The van der Waals surface area contributed by atoms with Gasteiger partial charge in [-0.25, -0.2) is 9.78 Å². The minimum atomic E-state index is -1.21. The van der Waals surface area contributed by atoms with Crippen molar-refractivity contribution in [2.45, 2.75) is 13.0 Å². The van der Waals surface area contributed by atoms with E-state index in [2.05, 4.69) is 9.97 Å². The first-order valence-electron chi connectivity index (χ1n) is 5.01. The fraction of sp³-hybridized carbons (Fsp3) is 0.500. The number of H-pyrrole nitrogens is 1. The van der Waals surface area contributed by atoms with Crippen LogP contribution < -0.4 is 0 Å². The van der Waals surface area contributed by atoms with E-state index in [9.17, 15) is 9.59 Å². The van der Waals surface area contributed by atoms with Gasteiger partial charge < -0.3 is 19.7 Å². The van der Waals surface area contributed by atoms with E-state index in [-0.39, 0.29) is 17.4 Å². The average Bonchev–Trinajstić information content (AvgIpc) is 2.76. The van der Waals surface area contributed by atoms with E-state index in [0.717, 1.165) is 0 Å². The number of carbonyl (C=O) groups excluding carboxylic acids is 1. The molecule has 0 aliphatic heterocycles. The molecule has 1 unspecified atom stereocenters. The lowest BCUT2D eigenvalue weighted by atomic mass is 10.2. The number of aromatic carboxylic acids is 1. The monoisotopic (exact) mass is 241 g/mol. The maximum Gasteiger partial charge on any atom is 0.354 e. The average molecular weight is 241 g/mol. The molecule has 1 aromatic heterocycles. The Morgan fingerprint density at radius 1 is 1.65 bits per heavy atom. The van der Waals surface area contributed by atoms with Gasteiger partial charge in [-0.1, -0.05) is 0 Å². The van der Waals surface area contributed by atoms with Crippen LogP contribution in [0, 0.1) is 0 Å². The first-order chi connectivity index (χ1) is 7.99. The summed E-state index contributed by atoms with van der Waals surface area (Å²) in [5, 5.41) is 8.86. The zero-order chi connectivity index (χ0) is 13.0. The molecule has 1 atom stereocenters. The van der Waals surface area contributed by atoms with E-state index in [0.29, 0.717) is 6.61 Å². The van der Waals surface area contributed by atoms with Crippen molar-refractivity contribution in [2.24, 2.45) is 0 Å². The molecule has 94 valence electrons. The number of aromatic amines is 1. The number of ether oxygens (including phenoxy) is 1. The van der Waals surface area contributed by atoms with Gasteiger partial charge in [-0.3, -0.25) is 4.79 Å². The third-order valence-corrected chi connectivity index (χ3v) is 2.45. The molecule has 0 saturated heterocycles. The predicted octanol–water partition coefficient (Wildman–Crippen LogP) is 0.215. The number of methoxy groups -OCH3 is 1. The van der Waals surface area contributed by atoms with E-state index in [1.165, 1.54) is 18.3 Å². The maximum absolute atomic E-state index is 12.0. The molecule has 1 rings (SSSR count). The normalized spacial score (nSPS) is 12.2. The molecule has 0 bridgehead atoms. The Morgan fingerprint density at radius 3 is 2.82 bits per heavy atom. The van der Waals surface area contributed by atoms with Crippen LogP contribution in [0.2, 0.25) is 0 Å². The second-order valence-electron chi connectivity index (χ2n) is 3.65.